The predicted molar refractivity (Wildman–Crippen MR) is 74.9 cm³/mol. The highest BCUT2D eigenvalue weighted by atomic mass is 35.5. The zero-order chi connectivity index (χ0) is 15.1. The number of aromatic nitrogens is 2. The van der Waals surface area contributed by atoms with Gasteiger partial charge in [0.1, 0.15) is 4.99 Å². The summed E-state index contributed by atoms with van der Waals surface area (Å²) >= 11 is 16.6. The number of hydrogen-bond donors (Lipinski definition) is 2. The van der Waals surface area contributed by atoms with Crippen molar-refractivity contribution in [3.05, 3.63) is 39.6 Å². The molecule has 0 saturated heterocycles. The van der Waals surface area contributed by atoms with E-state index in [1.807, 2.05) is 0 Å². The number of thiocarbonyl (C=S) groups is 1. The van der Waals surface area contributed by atoms with Gasteiger partial charge in [0.05, 0.1) is 27.5 Å². The minimum atomic E-state index is -4.53. The van der Waals surface area contributed by atoms with Crippen molar-refractivity contribution in [2.45, 2.75) is 6.18 Å². The van der Waals surface area contributed by atoms with Crippen LogP contribution < -0.4 is 5.73 Å². The second kappa shape index (κ2) is 5.23. The average molecular weight is 340 g/mol. The Kier molecular flexibility index (Phi) is 3.95. The number of H-pyrrole nitrogens is 1. The predicted octanol–water partition coefficient (Wildman–Crippen LogP) is 4.04. The molecule has 0 aliphatic rings. The lowest BCUT2D eigenvalue weighted by Gasteiger charge is -2.12. The van der Waals surface area contributed by atoms with Gasteiger partial charge in [-0.15, -0.1) is 0 Å². The molecule has 1 aromatic carbocycles. The Hall–Kier alpha value is -1.31. The van der Waals surface area contributed by atoms with E-state index >= 15 is 0 Å². The molecule has 3 N–H and O–H groups in total. The van der Waals surface area contributed by atoms with Crippen LogP contribution in [0.15, 0.2) is 18.3 Å². The maximum Gasteiger partial charge on any atom is 0.416 e. The van der Waals surface area contributed by atoms with Gasteiger partial charge < -0.3 is 5.73 Å². The molecule has 20 heavy (non-hydrogen) atoms. The van der Waals surface area contributed by atoms with Crippen LogP contribution in [0.1, 0.15) is 11.3 Å². The van der Waals surface area contributed by atoms with E-state index < -0.39 is 11.7 Å². The Morgan fingerprint density at radius 3 is 2.25 bits per heavy atom. The van der Waals surface area contributed by atoms with E-state index in [0.717, 1.165) is 12.1 Å². The second-order valence-electron chi connectivity index (χ2n) is 3.84. The van der Waals surface area contributed by atoms with Gasteiger partial charge in [-0.25, -0.2) is 0 Å². The highest BCUT2D eigenvalue weighted by Crippen LogP contribution is 2.41. The van der Waals surface area contributed by atoms with Gasteiger partial charge in [-0.2, -0.15) is 18.3 Å². The molecular formula is C11H6Cl2F3N3S. The largest absolute Gasteiger partial charge is 0.416 e. The standard InChI is InChI=1S/C11H6Cl2F3N3S/c12-6-1-4(11(14,15)16)2-7(13)8(6)5-3-18-19-9(5)10(17)20/h1-3H,(H2,17,20)(H,18,19). The van der Waals surface area contributed by atoms with Crippen molar-refractivity contribution in [2.75, 3.05) is 0 Å². The summed E-state index contributed by atoms with van der Waals surface area (Å²) in [4.78, 5) is 0.00420. The minimum Gasteiger partial charge on any atom is -0.388 e. The third kappa shape index (κ3) is 2.74. The van der Waals surface area contributed by atoms with Crippen LogP contribution in [0.3, 0.4) is 0 Å². The van der Waals surface area contributed by atoms with E-state index in [-0.39, 0.29) is 26.3 Å². The van der Waals surface area contributed by atoms with Gasteiger partial charge in [0.25, 0.3) is 0 Å². The van der Waals surface area contributed by atoms with E-state index in [1.165, 1.54) is 6.20 Å². The van der Waals surface area contributed by atoms with Crippen LogP contribution in [-0.4, -0.2) is 15.2 Å². The fourth-order valence-electron chi connectivity index (χ4n) is 1.66. The Labute approximate surface area is 126 Å². The van der Waals surface area contributed by atoms with Crippen LogP contribution in [0.5, 0.6) is 0 Å². The lowest BCUT2D eigenvalue weighted by atomic mass is 10.0. The van der Waals surface area contributed by atoms with Crippen molar-refractivity contribution in [1.82, 2.24) is 10.2 Å². The van der Waals surface area contributed by atoms with Crippen LogP contribution in [0.4, 0.5) is 13.2 Å². The Bertz CT molecular complexity index is 659. The van der Waals surface area contributed by atoms with Gasteiger partial charge in [-0.3, -0.25) is 5.10 Å². The van der Waals surface area contributed by atoms with Crippen molar-refractivity contribution in [1.29, 1.82) is 0 Å². The lowest BCUT2D eigenvalue weighted by molar-refractivity contribution is -0.137. The van der Waals surface area contributed by atoms with E-state index in [1.54, 1.807) is 0 Å². The number of nitrogens with two attached hydrogens (primary N) is 1. The van der Waals surface area contributed by atoms with Gasteiger partial charge in [-0.1, -0.05) is 35.4 Å². The second-order valence-corrected chi connectivity index (χ2v) is 5.09. The molecule has 0 amide bonds. The van der Waals surface area contributed by atoms with Crippen molar-refractivity contribution in [3.63, 3.8) is 0 Å². The molecule has 2 rings (SSSR count). The molecule has 3 nitrogen and oxygen atoms in total. The normalized spacial score (nSPS) is 11.7. The first-order chi connectivity index (χ1) is 9.21. The van der Waals surface area contributed by atoms with E-state index in [2.05, 4.69) is 10.2 Å². The van der Waals surface area contributed by atoms with E-state index in [9.17, 15) is 13.2 Å². The number of nitrogens with zero attached hydrogens (tertiary/aromatic N) is 1. The quantitative estimate of drug-likeness (QED) is 0.812. The zero-order valence-electron chi connectivity index (χ0n) is 9.55. The Morgan fingerprint density at radius 1 is 1.25 bits per heavy atom. The summed E-state index contributed by atoms with van der Waals surface area (Å²) in [7, 11) is 0. The molecule has 0 fully saturated rings. The highest BCUT2D eigenvalue weighted by Gasteiger charge is 2.32. The number of rotatable bonds is 2. The molecule has 0 radical (unpaired) electrons. The van der Waals surface area contributed by atoms with E-state index in [4.69, 9.17) is 41.2 Å². The first-order valence-corrected chi connectivity index (χ1v) is 6.28. The van der Waals surface area contributed by atoms with Crippen LogP contribution in [0, 0.1) is 0 Å². The smallest absolute Gasteiger partial charge is 0.388 e. The molecule has 2 aromatic rings. The van der Waals surface area contributed by atoms with Gasteiger partial charge in [0, 0.05) is 11.1 Å². The Morgan fingerprint density at radius 2 is 1.80 bits per heavy atom. The van der Waals surface area contributed by atoms with Crippen molar-refractivity contribution in [3.8, 4) is 11.1 Å². The van der Waals surface area contributed by atoms with Crippen LogP contribution in [0.2, 0.25) is 10.0 Å². The van der Waals surface area contributed by atoms with Gasteiger partial charge in [0.2, 0.25) is 0 Å². The molecular weight excluding hydrogens is 334 g/mol. The molecule has 106 valence electrons. The summed E-state index contributed by atoms with van der Waals surface area (Å²) in [5, 5.41) is 5.96. The summed E-state index contributed by atoms with van der Waals surface area (Å²) in [6, 6.07) is 1.58. The molecule has 0 saturated carbocycles. The fourth-order valence-corrected chi connectivity index (χ4v) is 2.50. The molecule has 1 heterocycles. The molecule has 9 heteroatoms. The lowest BCUT2D eigenvalue weighted by Crippen LogP contribution is -2.11. The minimum absolute atomic E-state index is 0.00420. The molecule has 0 bridgehead atoms. The van der Waals surface area contributed by atoms with Crippen LogP contribution >= 0.6 is 35.4 Å². The maximum atomic E-state index is 12.7. The van der Waals surface area contributed by atoms with Crippen molar-refractivity contribution >= 4 is 40.4 Å². The Balaban J connectivity index is 2.65. The molecule has 0 aliphatic heterocycles. The molecule has 0 spiro atoms. The van der Waals surface area contributed by atoms with Crippen molar-refractivity contribution in [2.24, 2.45) is 5.73 Å². The first-order valence-electron chi connectivity index (χ1n) is 5.11. The highest BCUT2D eigenvalue weighted by molar-refractivity contribution is 7.80. The number of benzene rings is 1. The topological polar surface area (TPSA) is 54.7 Å². The van der Waals surface area contributed by atoms with Crippen LogP contribution in [0.25, 0.3) is 11.1 Å². The number of halogens is 5. The number of hydrogen-bond acceptors (Lipinski definition) is 2. The number of alkyl halides is 3. The van der Waals surface area contributed by atoms with Gasteiger partial charge >= 0.3 is 6.18 Å². The summed E-state index contributed by atoms with van der Waals surface area (Å²) < 4.78 is 38.0. The molecule has 0 atom stereocenters. The first kappa shape index (κ1) is 15.1. The third-order valence-electron chi connectivity index (χ3n) is 2.52. The molecule has 0 unspecified atom stereocenters. The number of aromatic amines is 1. The maximum absolute atomic E-state index is 12.7. The van der Waals surface area contributed by atoms with Crippen LogP contribution in [-0.2, 0) is 6.18 Å². The summed E-state index contributed by atoms with van der Waals surface area (Å²) in [5.41, 5.74) is 5.38. The molecule has 0 aliphatic carbocycles. The average Bonchev–Trinajstić information content (AvgIpc) is 2.75. The molecule has 1 aromatic heterocycles. The monoisotopic (exact) mass is 339 g/mol. The van der Waals surface area contributed by atoms with Crippen molar-refractivity contribution < 1.29 is 13.2 Å². The summed E-state index contributed by atoms with van der Waals surface area (Å²) in [5.74, 6) is 0. The SMILES string of the molecule is NC(=S)c1[nH]ncc1-c1c(Cl)cc(C(F)(F)F)cc1Cl. The van der Waals surface area contributed by atoms with Gasteiger partial charge in [0.15, 0.2) is 0 Å². The number of nitrogens with one attached hydrogen (secondary N) is 1. The van der Waals surface area contributed by atoms with E-state index in [0.29, 0.717) is 5.56 Å². The summed E-state index contributed by atoms with van der Waals surface area (Å²) in [6.45, 7) is 0. The third-order valence-corrected chi connectivity index (χ3v) is 3.32. The fraction of sp³-hybridized carbons (Fsp3) is 0.0909. The summed E-state index contributed by atoms with van der Waals surface area (Å²) in [6.07, 6.45) is -3.19. The zero-order valence-corrected chi connectivity index (χ0v) is 11.9. The van der Waals surface area contributed by atoms with Gasteiger partial charge in [-0.05, 0) is 12.1 Å².